The van der Waals surface area contributed by atoms with E-state index >= 15 is 0 Å². The van der Waals surface area contributed by atoms with Crippen molar-refractivity contribution in [2.24, 2.45) is 11.8 Å². The molecule has 2 heterocycles. The van der Waals surface area contributed by atoms with Gasteiger partial charge in [0.1, 0.15) is 5.15 Å². The first kappa shape index (κ1) is 11.5. The quantitative estimate of drug-likeness (QED) is 0.794. The minimum absolute atomic E-state index is 0.309. The van der Waals surface area contributed by atoms with Gasteiger partial charge in [-0.15, -0.1) is 0 Å². The molecule has 0 aromatic carbocycles. The summed E-state index contributed by atoms with van der Waals surface area (Å²) in [6.07, 6.45) is 4.10. The van der Waals surface area contributed by atoms with Gasteiger partial charge in [-0.1, -0.05) is 23.7 Å². The minimum atomic E-state index is -0.821. The number of hydrogen-bond donors (Lipinski definition) is 1. The van der Waals surface area contributed by atoms with Crippen LogP contribution in [0.25, 0.3) is 5.57 Å². The summed E-state index contributed by atoms with van der Waals surface area (Å²) in [5.74, 6) is 0.732. The van der Waals surface area contributed by atoms with Gasteiger partial charge in [-0.3, -0.25) is 0 Å². The Morgan fingerprint density at radius 1 is 1.44 bits per heavy atom. The van der Waals surface area contributed by atoms with Crippen LogP contribution in [0, 0.1) is 11.8 Å². The number of carboxylic acid groups (broad SMARTS) is 1. The van der Waals surface area contributed by atoms with Crippen LogP contribution in [0.3, 0.4) is 0 Å². The van der Waals surface area contributed by atoms with Crippen LogP contribution in [0.5, 0.6) is 0 Å². The van der Waals surface area contributed by atoms with Crippen LogP contribution in [0.1, 0.15) is 12.0 Å². The average molecular weight is 265 g/mol. The van der Waals surface area contributed by atoms with E-state index in [1.165, 1.54) is 10.5 Å². The van der Waals surface area contributed by atoms with E-state index in [0.29, 0.717) is 30.1 Å². The fourth-order valence-corrected chi connectivity index (χ4v) is 3.04. The third kappa shape index (κ3) is 1.86. The molecule has 0 spiro atoms. The number of halogens is 1. The third-order valence-electron chi connectivity index (χ3n) is 3.81. The summed E-state index contributed by atoms with van der Waals surface area (Å²) in [7, 11) is 0. The van der Waals surface area contributed by atoms with E-state index in [0.717, 1.165) is 12.0 Å². The van der Waals surface area contributed by atoms with Crippen molar-refractivity contribution in [1.82, 2.24) is 9.88 Å². The van der Waals surface area contributed by atoms with Gasteiger partial charge < -0.3 is 10.0 Å². The molecule has 94 valence electrons. The van der Waals surface area contributed by atoms with Crippen molar-refractivity contribution >= 4 is 23.3 Å². The zero-order valence-corrected chi connectivity index (χ0v) is 10.5. The van der Waals surface area contributed by atoms with E-state index in [2.05, 4.69) is 11.1 Å². The molecule has 1 amide bonds. The van der Waals surface area contributed by atoms with Gasteiger partial charge in [-0.2, -0.15) is 0 Å². The largest absolute Gasteiger partial charge is 0.465 e. The van der Waals surface area contributed by atoms with Crippen LogP contribution in [0.4, 0.5) is 4.79 Å². The number of amides is 1. The highest BCUT2D eigenvalue weighted by Crippen LogP contribution is 2.42. The topological polar surface area (TPSA) is 53.4 Å². The van der Waals surface area contributed by atoms with Gasteiger partial charge in [0.15, 0.2) is 0 Å². The molecule has 4 nitrogen and oxygen atoms in total. The molecule has 2 unspecified atom stereocenters. The maximum atomic E-state index is 11.0. The Balaban J connectivity index is 1.83. The number of aromatic nitrogens is 1. The number of carbonyl (C=O) groups is 1. The highest BCUT2D eigenvalue weighted by molar-refractivity contribution is 6.29. The number of nitrogens with zero attached hydrogens (tertiary/aromatic N) is 2. The van der Waals surface area contributed by atoms with Crippen molar-refractivity contribution in [1.29, 1.82) is 0 Å². The molecule has 0 radical (unpaired) electrons. The lowest BCUT2D eigenvalue weighted by Crippen LogP contribution is -2.27. The molecule has 1 N–H and O–H groups in total. The van der Waals surface area contributed by atoms with Gasteiger partial charge in [-0.25, -0.2) is 9.78 Å². The Kier molecular flexibility index (Phi) is 2.74. The Labute approximate surface area is 110 Å². The van der Waals surface area contributed by atoms with Gasteiger partial charge in [0.2, 0.25) is 0 Å². The molecule has 18 heavy (non-hydrogen) atoms. The predicted octanol–water partition coefficient (Wildman–Crippen LogP) is 2.75. The Morgan fingerprint density at radius 2 is 2.28 bits per heavy atom. The summed E-state index contributed by atoms with van der Waals surface area (Å²) >= 11 is 5.78. The van der Waals surface area contributed by atoms with Gasteiger partial charge in [0.05, 0.1) is 0 Å². The molecule has 1 aliphatic heterocycles. The first-order valence-electron chi connectivity index (χ1n) is 5.95. The molecule has 2 atom stereocenters. The lowest BCUT2D eigenvalue weighted by Gasteiger charge is -2.14. The highest BCUT2D eigenvalue weighted by Gasteiger charge is 2.40. The summed E-state index contributed by atoms with van der Waals surface area (Å²) in [6, 6.07) is 3.72. The lowest BCUT2D eigenvalue weighted by molar-refractivity contribution is 0.153. The third-order valence-corrected chi connectivity index (χ3v) is 4.04. The van der Waals surface area contributed by atoms with Crippen LogP contribution in [0.15, 0.2) is 24.4 Å². The second-order valence-corrected chi connectivity index (χ2v) is 5.21. The molecule has 1 fully saturated rings. The zero-order chi connectivity index (χ0) is 12.7. The monoisotopic (exact) mass is 264 g/mol. The fourth-order valence-electron chi connectivity index (χ4n) is 2.93. The molecule has 0 bridgehead atoms. The van der Waals surface area contributed by atoms with E-state index in [1.54, 1.807) is 12.3 Å². The standard InChI is InChI=1S/C13H13ClN2O2/c14-12-4-2-8(5-15-12)10-3-1-9-6-16(13(17)18)7-11(9)10/h2-5,9,11H,1,6-7H2,(H,17,18). The van der Waals surface area contributed by atoms with E-state index in [9.17, 15) is 4.79 Å². The van der Waals surface area contributed by atoms with E-state index in [-0.39, 0.29) is 0 Å². The van der Waals surface area contributed by atoms with Crippen LogP contribution in [0.2, 0.25) is 5.15 Å². The van der Waals surface area contributed by atoms with Gasteiger partial charge >= 0.3 is 6.09 Å². The smallest absolute Gasteiger partial charge is 0.407 e. The van der Waals surface area contributed by atoms with Gasteiger partial charge in [-0.05, 0) is 29.5 Å². The number of likely N-dealkylation sites (tertiary alicyclic amines) is 1. The number of allylic oxidation sites excluding steroid dienone is 1. The minimum Gasteiger partial charge on any atom is -0.465 e. The molecule has 1 aromatic rings. The van der Waals surface area contributed by atoms with E-state index in [1.807, 2.05) is 6.07 Å². The SMILES string of the molecule is O=C(O)N1CC2CC=C(c3ccc(Cl)nc3)C2C1. The highest BCUT2D eigenvalue weighted by atomic mass is 35.5. The lowest BCUT2D eigenvalue weighted by atomic mass is 9.91. The molecular weight excluding hydrogens is 252 g/mol. The van der Waals surface area contributed by atoms with Crippen LogP contribution in [-0.2, 0) is 0 Å². The summed E-state index contributed by atoms with van der Waals surface area (Å²) in [5.41, 5.74) is 2.27. The van der Waals surface area contributed by atoms with Crippen molar-refractivity contribution in [2.45, 2.75) is 6.42 Å². The molecule has 1 aliphatic carbocycles. The van der Waals surface area contributed by atoms with Crippen molar-refractivity contribution in [3.63, 3.8) is 0 Å². The molecule has 0 saturated carbocycles. The van der Waals surface area contributed by atoms with Crippen LogP contribution < -0.4 is 0 Å². The summed E-state index contributed by atoms with van der Waals surface area (Å²) in [6.45, 7) is 1.23. The van der Waals surface area contributed by atoms with Crippen molar-refractivity contribution in [2.75, 3.05) is 13.1 Å². The number of pyridine rings is 1. The molecule has 1 aromatic heterocycles. The van der Waals surface area contributed by atoms with E-state index in [4.69, 9.17) is 16.7 Å². The summed E-state index contributed by atoms with van der Waals surface area (Å²) < 4.78 is 0. The average Bonchev–Trinajstić information content (AvgIpc) is 2.89. The van der Waals surface area contributed by atoms with Crippen molar-refractivity contribution < 1.29 is 9.90 Å². The Bertz CT molecular complexity index is 512. The maximum absolute atomic E-state index is 11.0. The Morgan fingerprint density at radius 3 is 2.94 bits per heavy atom. The Hall–Kier alpha value is -1.55. The first-order valence-corrected chi connectivity index (χ1v) is 6.33. The molecule has 3 rings (SSSR count). The zero-order valence-electron chi connectivity index (χ0n) is 9.71. The predicted molar refractivity (Wildman–Crippen MR) is 68.4 cm³/mol. The summed E-state index contributed by atoms with van der Waals surface area (Å²) in [5, 5.41) is 9.52. The van der Waals surface area contributed by atoms with Crippen molar-refractivity contribution in [3.8, 4) is 0 Å². The van der Waals surface area contributed by atoms with E-state index < -0.39 is 6.09 Å². The molecule has 2 aliphatic rings. The molecule has 5 heteroatoms. The second-order valence-electron chi connectivity index (χ2n) is 4.82. The van der Waals surface area contributed by atoms with Crippen LogP contribution in [-0.4, -0.2) is 34.2 Å². The molecular formula is C13H13ClN2O2. The second kappa shape index (κ2) is 4.28. The number of hydrogen-bond acceptors (Lipinski definition) is 2. The number of rotatable bonds is 1. The van der Waals surface area contributed by atoms with Gasteiger partial charge in [0.25, 0.3) is 0 Å². The number of fused-ring (bicyclic) bond motifs is 1. The maximum Gasteiger partial charge on any atom is 0.407 e. The van der Waals surface area contributed by atoms with Crippen molar-refractivity contribution in [3.05, 3.63) is 35.1 Å². The van der Waals surface area contributed by atoms with Gasteiger partial charge in [0, 0.05) is 25.2 Å². The summed E-state index contributed by atoms with van der Waals surface area (Å²) in [4.78, 5) is 16.6. The first-order chi connectivity index (χ1) is 8.65. The molecule has 1 saturated heterocycles. The fraction of sp³-hybridized carbons (Fsp3) is 0.385. The van der Waals surface area contributed by atoms with Crippen LogP contribution >= 0.6 is 11.6 Å². The normalized spacial score (nSPS) is 26.1.